The van der Waals surface area contributed by atoms with Crippen LogP contribution in [0.1, 0.15) is 64.8 Å². The first kappa shape index (κ1) is 25.2. The van der Waals surface area contributed by atoms with E-state index >= 15 is 0 Å². The van der Waals surface area contributed by atoms with Gasteiger partial charge in [-0.3, -0.25) is 14.5 Å². The molecule has 0 unspecified atom stereocenters. The molecule has 36 heavy (non-hydrogen) atoms. The summed E-state index contributed by atoms with van der Waals surface area (Å²) in [5.41, 5.74) is 2.05. The number of ketones is 1. The molecule has 186 valence electrons. The van der Waals surface area contributed by atoms with E-state index in [1.165, 1.54) is 17.0 Å². The minimum atomic E-state index is -1.00. The second-order valence-corrected chi connectivity index (χ2v) is 9.61. The van der Waals surface area contributed by atoms with Crippen LogP contribution in [-0.4, -0.2) is 34.4 Å². The van der Waals surface area contributed by atoms with Gasteiger partial charge < -0.3 is 9.84 Å². The van der Waals surface area contributed by atoms with E-state index in [9.17, 15) is 23.9 Å². The number of nitrogens with zero attached hydrogens (tertiary/aromatic N) is 2. The molecule has 1 aromatic heterocycles. The van der Waals surface area contributed by atoms with E-state index in [4.69, 9.17) is 4.74 Å². The lowest BCUT2D eigenvalue weighted by atomic mass is 9.93. The number of carbonyl (C=O) groups is 3. The predicted molar refractivity (Wildman–Crippen MR) is 135 cm³/mol. The first-order valence-electron chi connectivity index (χ1n) is 11.4. The van der Waals surface area contributed by atoms with Crippen LogP contribution in [0.25, 0.3) is 5.76 Å². The second-order valence-electron chi connectivity index (χ2n) is 8.63. The Bertz CT molecular complexity index is 1360. The number of ether oxygens (including phenoxy) is 1. The quantitative estimate of drug-likeness (QED) is 0.204. The Morgan fingerprint density at radius 3 is 2.36 bits per heavy atom. The molecule has 3 aromatic rings. The number of carbonyl (C=O) groups excluding carboxylic acids is 3. The van der Waals surface area contributed by atoms with Crippen LogP contribution in [0.2, 0.25) is 0 Å². The number of halogens is 1. The molecule has 2 aromatic carbocycles. The van der Waals surface area contributed by atoms with Crippen LogP contribution < -0.4 is 4.90 Å². The highest BCUT2D eigenvalue weighted by molar-refractivity contribution is 7.17. The molecular weight excluding hydrogens is 483 g/mol. The topological polar surface area (TPSA) is 96.8 Å². The number of aryl methyl sites for hydroxylation is 1. The van der Waals surface area contributed by atoms with E-state index in [-0.39, 0.29) is 33.7 Å². The number of amides is 1. The third-order valence-electron chi connectivity index (χ3n) is 5.93. The summed E-state index contributed by atoms with van der Waals surface area (Å²) in [7, 11) is 0. The molecule has 1 atom stereocenters. The third-order valence-corrected chi connectivity index (χ3v) is 7.07. The third kappa shape index (κ3) is 4.54. The van der Waals surface area contributed by atoms with Crippen molar-refractivity contribution in [2.24, 2.45) is 0 Å². The number of aromatic nitrogens is 1. The highest BCUT2D eigenvalue weighted by Gasteiger charge is 2.48. The second kappa shape index (κ2) is 10.0. The van der Waals surface area contributed by atoms with Gasteiger partial charge in [-0.05, 0) is 55.2 Å². The van der Waals surface area contributed by atoms with Crippen molar-refractivity contribution in [3.8, 4) is 0 Å². The number of aliphatic hydroxyl groups excluding tert-OH is 1. The van der Waals surface area contributed by atoms with Crippen LogP contribution >= 0.6 is 11.3 Å². The van der Waals surface area contributed by atoms with Gasteiger partial charge >= 0.3 is 11.9 Å². The number of anilines is 1. The van der Waals surface area contributed by atoms with Crippen molar-refractivity contribution in [3.05, 3.63) is 87.2 Å². The van der Waals surface area contributed by atoms with Gasteiger partial charge in [0.05, 0.1) is 23.9 Å². The van der Waals surface area contributed by atoms with Gasteiger partial charge in [0.25, 0.3) is 5.78 Å². The Labute approximate surface area is 211 Å². The SMILES string of the molecule is CCOC(=O)c1sc(N2C(=O)C(=O)/C(=C(/O)c3ccc(F)cc3)[C@@H]2c2ccc(C(C)C)cc2)nc1C. The number of Topliss-reactive ketones (excluding diaryl/α,β-unsaturated/α-hetero) is 1. The number of aliphatic hydroxyl groups is 1. The fourth-order valence-electron chi connectivity index (χ4n) is 4.04. The molecule has 1 N–H and O–H groups in total. The summed E-state index contributed by atoms with van der Waals surface area (Å²) in [6.45, 7) is 7.57. The van der Waals surface area contributed by atoms with Crippen LogP contribution in [0.15, 0.2) is 54.1 Å². The minimum Gasteiger partial charge on any atom is -0.507 e. The lowest BCUT2D eigenvalue weighted by Crippen LogP contribution is -2.29. The summed E-state index contributed by atoms with van der Waals surface area (Å²) in [5, 5.41) is 11.3. The number of thiazole rings is 1. The van der Waals surface area contributed by atoms with Crippen molar-refractivity contribution in [2.75, 3.05) is 11.5 Å². The zero-order valence-electron chi connectivity index (χ0n) is 20.2. The molecule has 0 radical (unpaired) electrons. The van der Waals surface area contributed by atoms with Gasteiger partial charge in [-0.1, -0.05) is 49.4 Å². The Balaban J connectivity index is 1.90. The number of hydrogen-bond donors (Lipinski definition) is 1. The molecule has 9 heteroatoms. The maximum absolute atomic E-state index is 13.5. The molecule has 7 nitrogen and oxygen atoms in total. The molecule has 0 spiro atoms. The van der Waals surface area contributed by atoms with Crippen molar-refractivity contribution in [3.63, 3.8) is 0 Å². The van der Waals surface area contributed by atoms with Crippen LogP contribution in [0.3, 0.4) is 0 Å². The molecule has 1 aliphatic rings. The first-order valence-corrected chi connectivity index (χ1v) is 12.3. The minimum absolute atomic E-state index is 0.133. The molecule has 4 rings (SSSR count). The molecule has 0 aliphatic carbocycles. The van der Waals surface area contributed by atoms with Crippen LogP contribution in [-0.2, 0) is 14.3 Å². The Kier molecular flexibility index (Phi) is 7.03. The van der Waals surface area contributed by atoms with Crippen LogP contribution in [0, 0.1) is 12.7 Å². The highest BCUT2D eigenvalue weighted by Crippen LogP contribution is 2.44. The molecule has 0 bridgehead atoms. The first-order chi connectivity index (χ1) is 17.1. The standard InChI is InChI=1S/C27H25FN2O5S/c1-5-35-26(34)24-15(4)29-27(36-24)30-21(17-8-6-16(7-9-17)14(2)3)20(23(32)25(30)33)22(31)18-10-12-19(28)13-11-18/h6-14,21,31H,5H2,1-4H3/b22-20+/t21-/m0/s1. The predicted octanol–water partition coefficient (Wildman–Crippen LogP) is 5.52. The van der Waals surface area contributed by atoms with E-state index in [1.54, 1.807) is 26.0 Å². The van der Waals surface area contributed by atoms with Crippen molar-refractivity contribution in [1.29, 1.82) is 0 Å². The fraction of sp³-hybridized carbons (Fsp3) is 0.259. The van der Waals surface area contributed by atoms with Gasteiger partial charge in [-0.15, -0.1) is 0 Å². The molecule has 1 saturated heterocycles. The average Bonchev–Trinajstić information content (AvgIpc) is 3.36. The normalized spacial score (nSPS) is 17.2. The van der Waals surface area contributed by atoms with Crippen molar-refractivity contribution in [2.45, 2.75) is 39.7 Å². The van der Waals surface area contributed by atoms with Crippen molar-refractivity contribution < 1.29 is 28.6 Å². The monoisotopic (exact) mass is 508 g/mol. The van der Waals surface area contributed by atoms with Gasteiger partial charge in [0.1, 0.15) is 16.5 Å². The maximum Gasteiger partial charge on any atom is 0.350 e. The smallest absolute Gasteiger partial charge is 0.350 e. The van der Waals surface area contributed by atoms with Crippen molar-refractivity contribution >= 4 is 39.9 Å². The average molecular weight is 509 g/mol. The van der Waals surface area contributed by atoms with Crippen molar-refractivity contribution in [1.82, 2.24) is 4.98 Å². The highest BCUT2D eigenvalue weighted by atomic mass is 32.1. The largest absolute Gasteiger partial charge is 0.507 e. The summed E-state index contributed by atoms with van der Waals surface area (Å²) in [6.07, 6.45) is 0. The molecular formula is C27H25FN2O5S. The fourth-order valence-corrected chi connectivity index (χ4v) is 5.03. The summed E-state index contributed by atoms with van der Waals surface area (Å²) in [5.74, 6) is -3.02. The molecule has 1 fully saturated rings. The van der Waals surface area contributed by atoms with E-state index in [0.717, 1.165) is 29.0 Å². The summed E-state index contributed by atoms with van der Waals surface area (Å²) >= 11 is 0.942. The molecule has 1 amide bonds. The Morgan fingerprint density at radius 2 is 1.78 bits per heavy atom. The number of rotatable bonds is 6. The van der Waals surface area contributed by atoms with Gasteiger partial charge in [0.2, 0.25) is 0 Å². The summed E-state index contributed by atoms with van der Waals surface area (Å²) < 4.78 is 18.6. The van der Waals surface area contributed by atoms with Gasteiger partial charge in [0.15, 0.2) is 5.13 Å². The lowest BCUT2D eigenvalue weighted by Gasteiger charge is -2.23. The zero-order valence-corrected chi connectivity index (χ0v) is 21.1. The van der Waals surface area contributed by atoms with E-state index in [0.29, 0.717) is 11.3 Å². The number of benzene rings is 2. The summed E-state index contributed by atoms with van der Waals surface area (Å²) in [4.78, 5) is 44.8. The molecule has 0 saturated carbocycles. The van der Waals surface area contributed by atoms with E-state index in [2.05, 4.69) is 4.98 Å². The number of hydrogen-bond acceptors (Lipinski definition) is 7. The Hall–Kier alpha value is -3.85. The molecule has 1 aliphatic heterocycles. The number of esters is 1. The summed E-state index contributed by atoms with van der Waals surface area (Å²) in [6, 6.07) is 11.4. The lowest BCUT2D eigenvalue weighted by molar-refractivity contribution is -0.132. The molecule has 2 heterocycles. The zero-order chi connectivity index (χ0) is 26.1. The van der Waals surface area contributed by atoms with Gasteiger partial charge in [0, 0.05) is 5.56 Å². The van der Waals surface area contributed by atoms with Gasteiger partial charge in [-0.25, -0.2) is 14.2 Å². The Morgan fingerprint density at radius 1 is 1.14 bits per heavy atom. The van der Waals surface area contributed by atoms with Gasteiger partial charge in [-0.2, -0.15) is 0 Å². The van der Waals surface area contributed by atoms with Crippen LogP contribution in [0.4, 0.5) is 9.52 Å². The van der Waals surface area contributed by atoms with E-state index < -0.39 is 35.3 Å². The van der Waals surface area contributed by atoms with E-state index in [1.807, 2.05) is 26.0 Å². The van der Waals surface area contributed by atoms with Crippen LogP contribution in [0.5, 0.6) is 0 Å². The maximum atomic E-state index is 13.5.